The molecule has 0 bridgehead atoms. The second-order valence-electron chi connectivity index (χ2n) is 8.24. The molecule has 1 amide bonds. The lowest BCUT2D eigenvalue weighted by atomic mass is 9.95. The van der Waals surface area contributed by atoms with E-state index in [0.29, 0.717) is 30.9 Å². The van der Waals surface area contributed by atoms with Gasteiger partial charge in [-0.15, -0.1) is 0 Å². The summed E-state index contributed by atoms with van der Waals surface area (Å²) in [5.74, 6) is 0.144. The number of hydrogen-bond donors (Lipinski definition) is 3. The molecule has 1 heterocycles. The molecule has 0 aliphatic carbocycles. The molecule has 1 fully saturated rings. The van der Waals surface area contributed by atoms with Crippen LogP contribution in [0.3, 0.4) is 0 Å². The molecule has 1 unspecified atom stereocenters. The molecule has 156 valence electrons. The molecule has 1 aliphatic rings. The Bertz CT molecular complexity index is 1070. The fourth-order valence-electron chi connectivity index (χ4n) is 4.08. The van der Waals surface area contributed by atoms with Crippen LogP contribution >= 0.6 is 0 Å². The second kappa shape index (κ2) is 8.07. The van der Waals surface area contributed by atoms with Crippen molar-refractivity contribution in [3.05, 3.63) is 66.2 Å². The summed E-state index contributed by atoms with van der Waals surface area (Å²) in [4.78, 5) is 13.7. The van der Waals surface area contributed by atoms with Gasteiger partial charge in [-0.3, -0.25) is 9.69 Å². The molecular weight excluding hydrogens is 380 g/mol. The summed E-state index contributed by atoms with van der Waals surface area (Å²) in [6, 6.07) is 19.0. The van der Waals surface area contributed by atoms with E-state index >= 15 is 0 Å². The second-order valence-corrected chi connectivity index (χ2v) is 8.24. The van der Waals surface area contributed by atoms with Crippen molar-refractivity contribution in [3.8, 4) is 16.9 Å². The van der Waals surface area contributed by atoms with Gasteiger partial charge in [0.25, 0.3) is 0 Å². The quantitative estimate of drug-likeness (QED) is 0.560. The maximum Gasteiger partial charge on any atom is 0.248 e. The largest absolute Gasteiger partial charge is 0.490 e. The number of nitrogens with two attached hydrogens (primary N) is 1. The number of carbonyl (C=O) groups is 1. The monoisotopic (exact) mass is 406 g/mol. The highest BCUT2D eigenvalue weighted by Gasteiger charge is 2.37. The van der Waals surface area contributed by atoms with Gasteiger partial charge in [0.1, 0.15) is 18.5 Å². The number of fused-ring (bicyclic) bond motifs is 1. The zero-order valence-corrected chi connectivity index (χ0v) is 16.9. The van der Waals surface area contributed by atoms with Gasteiger partial charge in [-0.1, -0.05) is 42.5 Å². The van der Waals surface area contributed by atoms with Crippen molar-refractivity contribution in [3.63, 3.8) is 0 Å². The third-order valence-corrected chi connectivity index (χ3v) is 5.36. The van der Waals surface area contributed by atoms with E-state index in [1.54, 1.807) is 25.1 Å². The van der Waals surface area contributed by atoms with E-state index in [-0.39, 0.29) is 6.61 Å². The number of aliphatic hydroxyl groups excluding tert-OH is 1. The number of benzene rings is 3. The van der Waals surface area contributed by atoms with E-state index in [9.17, 15) is 15.0 Å². The van der Waals surface area contributed by atoms with Gasteiger partial charge in [-0.05, 0) is 41.5 Å². The zero-order valence-electron chi connectivity index (χ0n) is 16.9. The van der Waals surface area contributed by atoms with Crippen LogP contribution in [0.4, 0.5) is 0 Å². The first-order chi connectivity index (χ1) is 14.3. The Labute approximate surface area is 175 Å². The minimum Gasteiger partial charge on any atom is -0.490 e. The van der Waals surface area contributed by atoms with Crippen LogP contribution in [0.1, 0.15) is 17.3 Å². The first-order valence-electron chi connectivity index (χ1n) is 10.00. The van der Waals surface area contributed by atoms with Crippen molar-refractivity contribution in [2.24, 2.45) is 5.73 Å². The Kier molecular flexibility index (Phi) is 5.47. The molecule has 1 aliphatic heterocycles. The van der Waals surface area contributed by atoms with Gasteiger partial charge in [0, 0.05) is 30.8 Å². The maximum atomic E-state index is 11.7. The summed E-state index contributed by atoms with van der Waals surface area (Å²) in [6.45, 7) is 3.44. The average molecular weight is 406 g/mol. The molecule has 0 saturated carbocycles. The fraction of sp³-hybridized carbons (Fsp3) is 0.292. The van der Waals surface area contributed by atoms with E-state index in [0.717, 1.165) is 21.9 Å². The summed E-state index contributed by atoms with van der Waals surface area (Å²) >= 11 is 0. The topological polar surface area (TPSA) is 96.0 Å². The normalized spacial score (nSPS) is 16.8. The van der Waals surface area contributed by atoms with Crippen molar-refractivity contribution in [2.45, 2.75) is 18.6 Å². The number of rotatable bonds is 7. The summed E-state index contributed by atoms with van der Waals surface area (Å²) in [7, 11) is 0. The van der Waals surface area contributed by atoms with Gasteiger partial charge in [0.2, 0.25) is 5.91 Å². The van der Waals surface area contributed by atoms with Crippen LogP contribution in [0.25, 0.3) is 21.9 Å². The van der Waals surface area contributed by atoms with E-state index in [2.05, 4.69) is 0 Å². The van der Waals surface area contributed by atoms with Crippen molar-refractivity contribution < 1.29 is 19.7 Å². The molecule has 1 atom stereocenters. The average Bonchev–Trinajstić information content (AvgIpc) is 2.70. The van der Waals surface area contributed by atoms with Crippen LogP contribution in [-0.2, 0) is 0 Å². The standard InChI is InChI=1S/C24H26N2O4/c1-24(29)14-26(15-24)12-19(27)13-30-21-10-9-16-5-2-3-8-20(16)22(21)17-6-4-7-18(11-17)23(25)28/h2-11,19,27,29H,12-15H2,1H3,(H2,25,28). The van der Waals surface area contributed by atoms with Crippen LogP contribution in [0.2, 0.25) is 0 Å². The van der Waals surface area contributed by atoms with E-state index in [4.69, 9.17) is 10.5 Å². The first-order valence-corrected chi connectivity index (χ1v) is 10.00. The summed E-state index contributed by atoms with van der Waals surface area (Å²) in [5.41, 5.74) is 6.91. The molecule has 4 rings (SSSR count). The van der Waals surface area contributed by atoms with E-state index in [1.807, 2.05) is 47.4 Å². The molecule has 0 spiro atoms. The Morgan fingerprint density at radius 3 is 2.67 bits per heavy atom. The van der Waals surface area contributed by atoms with Gasteiger partial charge in [0.15, 0.2) is 0 Å². The van der Waals surface area contributed by atoms with Crippen molar-refractivity contribution in [2.75, 3.05) is 26.2 Å². The van der Waals surface area contributed by atoms with Crippen LogP contribution in [0.15, 0.2) is 60.7 Å². The molecule has 0 aromatic heterocycles. The van der Waals surface area contributed by atoms with Gasteiger partial charge in [0.05, 0.1) is 5.60 Å². The van der Waals surface area contributed by atoms with Gasteiger partial charge in [-0.2, -0.15) is 0 Å². The zero-order chi connectivity index (χ0) is 21.3. The Balaban J connectivity index is 1.61. The highest BCUT2D eigenvalue weighted by molar-refractivity contribution is 6.01. The summed E-state index contributed by atoms with van der Waals surface area (Å²) in [5, 5.41) is 22.3. The Hall–Kier alpha value is -2.93. The lowest BCUT2D eigenvalue weighted by Crippen LogP contribution is -2.61. The molecule has 0 radical (unpaired) electrons. The summed E-state index contributed by atoms with van der Waals surface area (Å²) in [6.07, 6.45) is -0.683. The number of nitrogens with zero attached hydrogens (tertiary/aromatic N) is 1. The maximum absolute atomic E-state index is 11.7. The van der Waals surface area contributed by atoms with Crippen LogP contribution in [0, 0.1) is 0 Å². The molecule has 3 aromatic carbocycles. The van der Waals surface area contributed by atoms with Gasteiger partial charge >= 0.3 is 0 Å². The predicted molar refractivity (Wildman–Crippen MR) is 116 cm³/mol. The van der Waals surface area contributed by atoms with Crippen LogP contribution in [0.5, 0.6) is 5.75 Å². The molecule has 30 heavy (non-hydrogen) atoms. The molecular formula is C24H26N2O4. The number of aliphatic hydroxyl groups is 2. The van der Waals surface area contributed by atoms with Gasteiger partial charge in [-0.25, -0.2) is 0 Å². The smallest absolute Gasteiger partial charge is 0.248 e. The lowest BCUT2D eigenvalue weighted by molar-refractivity contribution is -0.0978. The van der Waals surface area contributed by atoms with E-state index in [1.165, 1.54) is 0 Å². The molecule has 1 saturated heterocycles. The summed E-state index contributed by atoms with van der Waals surface area (Å²) < 4.78 is 6.03. The number of ether oxygens (including phenoxy) is 1. The minimum atomic E-state index is -0.683. The molecule has 3 aromatic rings. The highest BCUT2D eigenvalue weighted by atomic mass is 16.5. The third-order valence-electron chi connectivity index (χ3n) is 5.36. The third kappa shape index (κ3) is 4.31. The Morgan fingerprint density at radius 2 is 1.93 bits per heavy atom. The number of likely N-dealkylation sites (tertiary alicyclic amines) is 1. The molecule has 6 heteroatoms. The van der Waals surface area contributed by atoms with Crippen molar-refractivity contribution in [1.29, 1.82) is 0 Å². The first kappa shape index (κ1) is 20.3. The van der Waals surface area contributed by atoms with Crippen LogP contribution < -0.4 is 10.5 Å². The number of hydrogen-bond acceptors (Lipinski definition) is 5. The minimum absolute atomic E-state index is 0.124. The number of amides is 1. The molecule has 4 N–H and O–H groups in total. The SMILES string of the molecule is CC1(O)CN(CC(O)COc2ccc3ccccc3c2-c2cccc(C(N)=O)c2)C1. The van der Waals surface area contributed by atoms with Crippen LogP contribution in [-0.4, -0.2) is 59.0 Å². The molecule has 6 nitrogen and oxygen atoms in total. The Morgan fingerprint density at radius 1 is 1.17 bits per heavy atom. The van der Waals surface area contributed by atoms with E-state index < -0.39 is 17.6 Å². The van der Waals surface area contributed by atoms with Gasteiger partial charge < -0.3 is 20.7 Å². The van der Waals surface area contributed by atoms with Crippen molar-refractivity contribution in [1.82, 2.24) is 4.90 Å². The fourth-order valence-corrected chi connectivity index (χ4v) is 4.08. The number of β-amino-alcohol motifs (C(OH)–C–C–N with tert-alkyl or cyclic N) is 2. The predicted octanol–water partition coefficient (Wildman–Crippen LogP) is 2.41. The lowest BCUT2D eigenvalue weighted by Gasteiger charge is -2.44. The van der Waals surface area contributed by atoms with Crippen molar-refractivity contribution >= 4 is 16.7 Å². The highest BCUT2D eigenvalue weighted by Crippen LogP contribution is 2.37. The number of carbonyl (C=O) groups excluding carboxylic acids is 1. The number of primary amides is 1.